The van der Waals surface area contributed by atoms with Crippen LogP contribution in [0.25, 0.3) is 0 Å². The van der Waals surface area contributed by atoms with E-state index in [1.165, 1.54) is 0 Å². The van der Waals surface area contributed by atoms with Gasteiger partial charge in [-0.3, -0.25) is 0 Å². The summed E-state index contributed by atoms with van der Waals surface area (Å²) in [5, 5.41) is 12.4. The average Bonchev–Trinajstić information content (AvgIpc) is 2.46. The van der Waals surface area contributed by atoms with Crippen molar-refractivity contribution < 1.29 is 4.74 Å². The van der Waals surface area contributed by atoms with Crippen LogP contribution in [0.4, 0.5) is 11.5 Å². The number of nitrogens with zero attached hydrogens (tertiary/aromatic N) is 2. The van der Waals surface area contributed by atoms with Crippen molar-refractivity contribution in [3.8, 4) is 11.8 Å². The zero-order valence-electron chi connectivity index (χ0n) is 12.2. The van der Waals surface area contributed by atoms with E-state index in [4.69, 9.17) is 10.5 Å². The monoisotopic (exact) mass is 282 g/mol. The van der Waals surface area contributed by atoms with E-state index in [0.29, 0.717) is 24.5 Å². The molecule has 0 bridgehead atoms. The Balaban J connectivity index is 2.20. The van der Waals surface area contributed by atoms with Gasteiger partial charge in [0.1, 0.15) is 24.2 Å². The van der Waals surface area contributed by atoms with Gasteiger partial charge in [-0.1, -0.05) is 0 Å². The van der Waals surface area contributed by atoms with Gasteiger partial charge in [0, 0.05) is 17.9 Å². The lowest BCUT2D eigenvalue weighted by Crippen LogP contribution is -2.10. The highest BCUT2D eigenvalue weighted by atomic mass is 16.5. The van der Waals surface area contributed by atoms with E-state index in [-0.39, 0.29) is 0 Å². The summed E-state index contributed by atoms with van der Waals surface area (Å²) in [5.74, 6) is 1.34. The van der Waals surface area contributed by atoms with Crippen LogP contribution < -0.4 is 15.8 Å². The summed E-state index contributed by atoms with van der Waals surface area (Å²) in [6, 6.07) is 11.6. The molecule has 1 aromatic carbocycles. The van der Waals surface area contributed by atoms with Gasteiger partial charge in [0.05, 0.1) is 5.56 Å². The normalized spacial score (nSPS) is 10.0. The highest BCUT2D eigenvalue weighted by Crippen LogP contribution is 2.23. The van der Waals surface area contributed by atoms with E-state index in [0.717, 1.165) is 22.7 Å². The Morgan fingerprint density at radius 1 is 1.29 bits per heavy atom. The minimum absolute atomic E-state index is 0.484. The molecule has 0 atom stereocenters. The first kappa shape index (κ1) is 14.8. The van der Waals surface area contributed by atoms with Crippen molar-refractivity contribution in [1.82, 2.24) is 4.98 Å². The minimum atomic E-state index is 0.484. The van der Waals surface area contributed by atoms with Crippen LogP contribution in [0.3, 0.4) is 0 Å². The largest absolute Gasteiger partial charge is 0.492 e. The van der Waals surface area contributed by atoms with Gasteiger partial charge in [0.15, 0.2) is 0 Å². The molecular formula is C16H18N4O. The number of aryl methyl sites for hydroxylation is 2. The van der Waals surface area contributed by atoms with E-state index in [2.05, 4.69) is 16.4 Å². The molecule has 0 saturated heterocycles. The molecule has 0 unspecified atom stereocenters. The maximum atomic E-state index is 9.25. The number of rotatable bonds is 5. The third kappa shape index (κ3) is 3.71. The van der Waals surface area contributed by atoms with Crippen molar-refractivity contribution in [2.24, 2.45) is 5.73 Å². The van der Waals surface area contributed by atoms with Gasteiger partial charge in [-0.25, -0.2) is 4.98 Å². The molecule has 21 heavy (non-hydrogen) atoms. The molecule has 0 amide bonds. The summed E-state index contributed by atoms with van der Waals surface area (Å²) in [7, 11) is 0. The van der Waals surface area contributed by atoms with Crippen LogP contribution in [-0.4, -0.2) is 18.1 Å². The summed E-state index contributed by atoms with van der Waals surface area (Å²) >= 11 is 0. The van der Waals surface area contributed by atoms with E-state index >= 15 is 0 Å². The summed E-state index contributed by atoms with van der Waals surface area (Å²) in [6.07, 6.45) is 0. The Morgan fingerprint density at radius 2 is 2.00 bits per heavy atom. The van der Waals surface area contributed by atoms with E-state index in [1.807, 2.05) is 44.2 Å². The number of nitriles is 1. The lowest BCUT2D eigenvalue weighted by atomic mass is 10.1. The van der Waals surface area contributed by atoms with Crippen LogP contribution in [0.5, 0.6) is 5.75 Å². The maximum Gasteiger partial charge on any atom is 0.148 e. The van der Waals surface area contributed by atoms with Gasteiger partial charge in [-0.2, -0.15) is 5.26 Å². The quantitative estimate of drug-likeness (QED) is 0.880. The number of benzene rings is 1. The molecule has 0 spiro atoms. The number of ether oxygens (including phenoxy) is 1. The fourth-order valence-electron chi connectivity index (χ4n) is 2.02. The second-order valence-corrected chi connectivity index (χ2v) is 4.70. The summed E-state index contributed by atoms with van der Waals surface area (Å²) in [6.45, 7) is 4.78. The lowest BCUT2D eigenvalue weighted by Gasteiger charge is -2.11. The highest BCUT2D eigenvalue weighted by Gasteiger charge is 2.08. The second-order valence-electron chi connectivity index (χ2n) is 4.70. The van der Waals surface area contributed by atoms with Crippen molar-refractivity contribution in [2.75, 3.05) is 18.5 Å². The third-order valence-electron chi connectivity index (χ3n) is 2.96. The molecule has 2 aromatic rings. The van der Waals surface area contributed by atoms with Crippen LogP contribution in [0.15, 0.2) is 30.3 Å². The molecule has 0 fully saturated rings. The number of aromatic nitrogens is 1. The molecule has 1 heterocycles. The number of nitrogens with two attached hydrogens (primary N) is 1. The van der Waals surface area contributed by atoms with Gasteiger partial charge >= 0.3 is 0 Å². The van der Waals surface area contributed by atoms with Crippen molar-refractivity contribution in [3.63, 3.8) is 0 Å². The molecule has 5 nitrogen and oxygen atoms in total. The Morgan fingerprint density at radius 3 is 2.62 bits per heavy atom. The fraction of sp³-hybridized carbons (Fsp3) is 0.250. The van der Waals surface area contributed by atoms with Gasteiger partial charge in [0.2, 0.25) is 0 Å². The van der Waals surface area contributed by atoms with Crippen LogP contribution in [0.2, 0.25) is 0 Å². The average molecular weight is 282 g/mol. The lowest BCUT2D eigenvalue weighted by molar-refractivity contribution is 0.328. The van der Waals surface area contributed by atoms with Crippen molar-refractivity contribution in [3.05, 3.63) is 47.2 Å². The standard InChI is InChI=1S/C16H18N4O/c1-11-9-12(2)19-16(15(11)10-18)20-13-3-5-14(6-4-13)21-8-7-17/h3-6,9H,7-8,17H2,1-2H3,(H,19,20). The first-order valence-corrected chi connectivity index (χ1v) is 6.72. The number of pyridine rings is 1. The molecule has 0 aliphatic rings. The fourth-order valence-corrected chi connectivity index (χ4v) is 2.02. The molecule has 0 radical (unpaired) electrons. The molecule has 0 aliphatic heterocycles. The zero-order valence-corrected chi connectivity index (χ0v) is 12.2. The summed E-state index contributed by atoms with van der Waals surface area (Å²) < 4.78 is 5.42. The topological polar surface area (TPSA) is 84.0 Å². The van der Waals surface area contributed by atoms with Gasteiger partial charge < -0.3 is 15.8 Å². The third-order valence-corrected chi connectivity index (χ3v) is 2.96. The van der Waals surface area contributed by atoms with Crippen molar-refractivity contribution >= 4 is 11.5 Å². The van der Waals surface area contributed by atoms with Crippen molar-refractivity contribution in [1.29, 1.82) is 5.26 Å². The number of nitrogens with one attached hydrogen (secondary N) is 1. The molecule has 3 N–H and O–H groups in total. The molecule has 0 aliphatic carbocycles. The molecule has 0 saturated carbocycles. The molecule has 2 rings (SSSR count). The second kappa shape index (κ2) is 6.73. The zero-order chi connectivity index (χ0) is 15.2. The Labute approximate surface area is 124 Å². The van der Waals surface area contributed by atoms with Crippen molar-refractivity contribution in [2.45, 2.75) is 13.8 Å². The van der Waals surface area contributed by atoms with Crippen LogP contribution in [0.1, 0.15) is 16.8 Å². The smallest absolute Gasteiger partial charge is 0.148 e. The minimum Gasteiger partial charge on any atom is -0.492 e. The molecular weight excluding hydrogens is 264 g/mol. The molecule has 108 valence electrons. The first-order valence-electron chi connectivity index (χ1n) is 6.72. The Kier molecular flexibility index (Phi) is 4.75. The highest BCUT2D eigenvalue weighted by molar-refractivity contribution is 5.65. The number of anilines is 2. The van der Waals surface area contributed by atoms with E-state index < -0.39 is 0 Å². The van der Waals surface area contributed by atoms with Crippen LogP contribution in [-0.2, 0) is 0 Å². The van der Waals surface area contributed by atoms with E-state index in [9.17, 15) is 5.26 Å². The van der Waals surface area contributed by atoms with Gasteiger partial charge in [-0.05, 0) is 49.7 Å². The number of hydrogen-bond acceptors (Lipinski definition) is 5. The van der Waals surface area contributed by atoms with Gasteiger partial charge in [0.25, 0.3) is 0 Å². The molecule has 5 heteroatoms. The SMILES string of the molecule is Cc1cc(C)c(C#N)c(Nc2ccc(OCCN)cc2)n1. The van der Waals surface area contributed by atoms with Gasteiger partial charge in [-0.15, -0.1) is 0 Å². The predicted octanol–water partition coefficient (Wildman–Crippen LogP) is 2.65. The van der Waals surface area contributed by atoms with E-state index in [1.54, 1.807) is 0 Å². The Bertz CT molecular complexity index is 659. The Hall–Kier alpha value is -2.58. The van der Waals surface area contributed by atoms with Crippen LogP contribution in [0, 0.1) is 25.2 Å². The molecule has 1 aromatic heterocycles. The number of hydrogen-bond donors (Lipinski definition) is 2. The summed E-state index contributed by atoms with van der Waals surface area (Å²) in [4.78, 5) is 4.39. The maximum absolute atomic E-state index is 9.25. The summed E-state index contributed by atoms with van der Waals surface area (Å²) in [5.41, 5.74) is 8.59. The first-order chi connectivity index (χ1) is 10.1. The van der Waals surface area contributed by atoms with Crippen LogP contribution >= 0.6 is 0 Å². The predicted molar refractivity (Wildman–Crippen MR) is 82.7 cm³/mol.